The predicted molar refractivity (Wildman–Crippen MR) is 159 cm³/mol. The number of carbonyl (C=O) groups excluding carboxylic acids is 1. The van der Waals surface area contributed by atoms with Crippen LogP contribution < -0.4 is 5.32 Å². The van der Waals surface area contributed by atoms with Gasteiger partial charge in [0, 0.05) is 25.3 Å². The van der Waals surface area contributed by atoms with Crippen LogP contribution in [-0.4, -0.2) is 53.1 Å². The van der Waals surface area contributed by atoms with E-state index in [1.54, 1.807) is 14.2 Å². The lowest BCUT2D eigenvalue weighted by molar-refractivity contribution is -0.140. The molecule has 0 aromatic rings. The van der Waals surface area contributed by atoms with Gasteiger partial charge < -0.3 is 24.3 Å². The average molecular weight is 540 g/mol. The fourth-order valence-corrected chi connectivity index (χ4v) is 4.77. The van der Waals surface area contributed by atoms with Crippen LogP contribution in [0.3, 0.4) is 0 Å². The Labute approximate surface area is 236 Å². The first-order valence-electron chi connectivity index (χ1n) is 14.5. The van der Waals surface area contributed by atoms with Crippen molar-refractivity contribution in [2.24, 2.45) is 11.8 Å². The lowest BCUT2D eigenvalue weighted by Crippen LogP contribution is -2.19. The summed E-state index contributed by atoms with van der Waals surface area (Å²) in [6.07, 6.45) is 28.8. The number of hydrogen-bond acceptors (Lipinski definition) is 6. The Bertz CT molecular complexity index is 916. The Morgan fingerprint density at radius 3 is 2.44 bits per heavy atom. The van der Waals surface area contributed by atoms with Crippen LogP contribution in [0.2, 0.25) is 0 Å². The minimum absolute atomic E-state index is 0.124. The lowest BCUT2D eigenvalue weighted by atomic mass is 9.76. The SMILES string of the molecule is C=C(CNC)C(=O)OCCOC1=C/C=C/C=C\C(C2CCC(CCCCC)CC2)=C/C=C/C(OCCOC)=C\1. The summed E-state index contributed by atoms with van der Waals surface area (Å²) in [4.78, 5) is 11.9. The number of hydrogen-bond donors (Lipinski definition) is 1. The molecule has 0 radical (unpaired) electrons. The molecule has 0 aromatic carbocycles. The van der Waals surface area contributed by atoms with E-state index in [1.807, 2.05) is 30.4 Å². The Morgan fingerprint density at radius 2 is 1.69 bits per heavy atom. The smallest absolute Gasteiger partial charge is 0.334 e. The molecule has 1 fully saturated rings. The van der Waals surface area contributed by atoms with Gasteiger partial charge in [0.15, 0.2) is 0 Å². The number of allylic oxidation sites excluding steroid dienone is 10. The third kappa shape index (κ3) is 13.7. The Morgan fingerprint density at radius 1 is 0.923 bits per heavy atom. The van der Waals surface area contributed by atoms with Crippen molar-refractivity contribution in [3.05, 3.63) is 83.9 Å². The molecule has 0 aromatic heterocycles. The van der Waals surface area contributed by atoms with Crippen molar-refractivity contribution in [2.75, 3.05) is 47.1 Å². The molecular weight excluding hydrogens is 490 g/mol. The number of nitrogens with one attached hydrogen (secondary N) is 1. The van der Waals surface area contributed by atoms with E-state index in [2.05, 4.69) is 43.1 Å². The van der Waals surface area contributed by atoms with Gasteiger partial charge in [-0.05, 0) is 62.3 Å². The van der Waals surface area contributed by atoms with Gasteiger partial charge in [0.1, 0.15) is 31.3 Å². The van der Waals surface area contributed by atoms with Gasteiger partial charge in [-0.2, -0.15) is 0 Å². The number of carbonyl (C=O) groups is 1. The molecule has 0 atom stereocenters. The van der Waals surface area contributed by atoms with Crippen molar-refractivity contribution >= 4 is 5.97 Å². The molecule has 39 heavy (non-hydrogen) atoms. The van der Waals surface area contributed by atoms with Crippen LogP contribution >= 0.6 is 0 Å². The van der Waals surface area contributed by atoms with Crippen LogP contribution in [0.5, 0.6) is 0 Å². The third-order valence-electron chi connectivity index (χ3n) is 6.96. The maximum Gasteiger partial charge on any atom is 0.334 e. The molecule has 1 saturated carbocycles. The molecule has 0 aliphatic heterocycles. The molecule has 2 aliphatic rings. The van der Waals surface area contributed by atoms with Gasteiger partial charge in [-0.1, -0.05) is 75.6 Å². The number of methoxy groups -OCH3 is 1. The molecular formula is C33H49NO5. The number of esters is 1. The van der Waals surface area contributed by atoms with Crippen molar-refractivity contribution in [3.63, 3.8) is 0 Å². The summed E-state index contributed by atoms with van der Waals surface area (Å²) < 4.78 is 22.3. The van der Waals surface area contributed by atoms with E-state index in [1.165, 1.54) is 56.9 Å². The first kappa shape index (κ1) is 32.4. The molecule has 216 valence electrons. The maximum atomic E-state index is 11.9. The summed E-state index contributed by atoms with van der Waals surface area (Å²) in [7, 11) is 3.41. The second-order valence-corrected chi connectivity index (χ2v) is 10.1. The van der Waals surface area contributed by atoms with Gasteiger partial charge in [0.2, 0.25) is 0 Å². The molecule has 1 N–H and O–H groups in total. The zero-order valence-electron chi connectivity index (χ0n) is 24.3. The highest BCUT2D eigenvalue weighted by atomic mass is 16.6. The summed E-state index contributed by atoms with van der Waals surface area (Å²) >= 11 is 0. The number of unbranched alkanes of at least 4 members (excludes halogenated alkanes) is 2. The van der Waals surface area contributed by atoms with E-state index < -0.39 is 5.97 Å². The van der Waals surface area contributed by atoms with Crippen molar-refractivity contribution in [2.45, 2.75) is 58.3 Å². The van der Waals surface area contributed by atoms with Gasteiger partial charge in [-0.25, -0.2) is 4.79 Å². The monoisotopic (exact) mass is 539 g/mol. The summed E-state index contributed by atoms with van der Waals surface area (Å²) in [5.41, 5.74) is 1.74. The Balaban J connectivity index is 2.04. The van der Waals surface area contributed by atoms with Crippen LogP contribution in [0, 0.1) is 11.8 Å². The predicted octanol–water partition coefficient (Wildman–Crippen LogP) is 6.75. The largest absolute Gasteiger partial charge is 0.491 e. The first-order valence-corrected chi connectivity index (χ1v) is 14.5. The highest BCUT2D eigenvalue weighted by Crippen LogP contribution is 2.36. The van der Waals surface area contributed by atoms with E-state index >= 15 is 0 Å². The second-order valence-electron chi connectivity index (χ2n) is 10.1. The minimum atomic E-state index is -0.430. The van der Waals surface area contributed by atoms with Gasteiger partial charge in [-0.15, -0.1) is 0 Å². The van der Waals surface area contributed by atoms with Crippen molar-refractivity contribution in [1.29, 1.82) is 0 Å². The highest BCUT2D eigenvalue weighted by Gasteiger charge is 2.22. The standard InChI is InChI=1S/C33H49NO5/c1-5-6-8-12-28-17-19-30(20-18-28)29-13-9-7-10-15-31(25-32(16-11-14-29)37-22-21-36-4)38-23-24-39-33(35)27(2)26-34-3/h7,9-11,13-16,25,28,30,34H,2,5-6,8,12,17-24,26H2,1,3-4H3/b9-7?,10-7+,13-9-,14-11?,15-10?,16-11+,29-13?,29-14+,31-15+,31-25?,32-16?,32-25+. The van der Waals surface area contributed by atoms with E-state index in [0.29, 0.717) is 42.8 Å². The first-order chi connectivity index (χ1) is 19.1. The molecule has 0 saturated heterocycles. The topological polar surface area (TPSA) is 66.0 Å². The van der Waals surface area contributed by atoms with Crippen molar-refractivity contribution in [3.8, 4) is 0 Å². The average Bonchev–Trinajstić information content (AvgIpc) is 2.93. The van der Waals surface area contributed by atoms with Gasteiger partial charge >= 0.3 is 5.97 Å². The Hall–Kier alpha value is -2.83. The molecule has 0 unspecified atom stereocenters. The van der Waals surface area contributed by atoms with Crippen molar-refractivity contribution < 1.29 is 23.7 Å². The fraction of sp³-hybridized carbons (Fsp3) is 0.545. The number of ether oxygens (including phenoxy) is 4. The molecule has 6 nitrogen and oxygen atoms in total. The van der Waals surface area contributed by atoms with E-state index in [0.717, 1.165) is 5.92 Å². The Kier molecular flexibility index (Phi) is 16.7. The normalized spacial score (nSPS) is 26.2. The highest BCUT2D eigenvalue weighted by molar-refractivity contribution is 5.88. The van der Waals surface area contributed by atoms with Crippen molar-refractivity contribution in [1.82, 2.24) is 5.32 Å². The molecule has 0 bridgehead atoms. The van der Waals surface area contributed by atoms with Gasteiger partial charge in [-0.3, -0.25) is 0 Å². The summed E-state index contributed by atoms with van der Waals surface area (Å²) in [6, 6.07) is 0. The minimum Gasteiger partial charge on any atom is -0.491 e. The lowest BCUT2D eigenvalue weighted by Gasteiger charge is -2.29. The fourth-order valence-electron chi connectivity index (χ4n) is 4.77. The van der Waals surface area contributed by atoms with Crippen LogP contribution in [0.4, 0.5) is 0 Å². The third-order valence-corrected chi connectivity index (χ3v) is 6.96. The van der Waals surface area contributed by atoms with Crippen LogP contribution in [-0.2, 0) is 23.7 Å². The quantitative estimate of drug-likeness (QED) is 0.133. The molecule has 0 heterocycles. The summed E-state index contributed by atoms with van der Waals surface area (Å²) in [6.45, 7) is 7.63. The second kappa shape index (κ2) is 20.1. The summed E-state index contributed by atoms with van der Waals surface area (Å²) in [5, 5.41) is 2.89. The van der Waals surface area contributed by atoms with E-state index in [4.69, 9.17) is 18.9 Å². The molecule has 2 rings (SSSR count). The number of rotatable bonds is 16. The van der Waals surface area contributed by atoms with Gasteiger partial charge in [0.05, 0.1) is 6.61 Å². The molecule has 0 spiro atoms. The van der Waals surface area contributed by atoms with Gasteiger partial charge in [0.25, 0.3) is 0 Å². The molecule has 0 amide bonds. The zero-order chi connectivity index (χ0) is 28.1. The zero-order valence-corrected chi connectivity index (χ0v) is 24.3. The van der Waals surface area contributed by atoms with E-state index in [-0.39, 0.29) is 13.2 Å². The van der Waals surface area contributed by atoms with E-state index in [9.17, 15) is 4.79 Å². The number of likely N-dealkylation sites (N-methyl/N-ethyl adjacent to an activating group) is 1. The van der Waals surface area contributed by atoms with Crippen LogP contribution in [0.15, 0.2) is 83.9 Å². The maximum absolute atomic E-state index is 11.9. The molecule has 2 aliphatic carbocycles. The van der Waals surface area contributed by atoms with Crippen LogP contribution in [0.1, 0.15) is 58.3 Å². The molecule has 6 heteroatoms. The summed E-state index contributed by atoms with van der Waals surface area (Å²) in [5.74, 6) is 2.33. The van der Waals surface area contributed by atoms with Crippen LogP contribution in [0.25, 0.3) is 0 Å².